The summed E-state index contributed by atoms with van der Waals surface area (Å²) in [6.45, 7) is 0.414. The Morgan fingerprint density at radius 3 is 2.45 bits per heavy atom. The zero-order chi connectivity index (χ0) is 24.1. The minimum atomic E-state index is -0.141. The Hall–Kier alpha value is -3.82. The van der Waals surface area contributed by atoms with E-state index in [-0.39, 0.29) is 12.3 Å². The van der Waals surface area contributed by atoms with Crippen molar-refractivity contribution in [2.75, 3.05) is 12.8 Å². The summed E-state index contributed by atoms with van der Waals surface area (Å²) in [6, 6.07) is 15.4. The molecule has 7 N–H and O–H groups in total. The van der Waals surface area contributed by atoms with Gasteiger partial charge in [-0.05, 0) is 34.4 Å². The highest BCUT2D eigenvalue weighted by molar-refractivity contribution is 7.77. The van der Waals surface area contributed by atoms with Gasteiger partial charge in [-0.25, -0.2) is 4.98 Å². The van der Waals surface area contributed by atoms with Crippen LogP contribution in [0.15, 0.2) is 72.5 Å². The Morgan fingerprint density at radius 1 is 1.18 bits per heavy atom. The van der Waals surface area contributed by atoms with E-state index in [0.29, 0.717) is 18.1 Å². The third kappa shape index (κ3) is 8.32. The fraction of sp³-hybridized carbons (Fsp3) is 0.125. The molecule has 2 aromatic carbocycles. The predicted octanol–water partition coefficient (Wildman–Crippen LogP) is 3.75. The van der Waals surface area contributed by atoms with E-state index >= 15 is 0 Å². The lowest BCUT2D eigenvalue weighted by atomic mass is 10.1. The molecule has 0 unspecified atom stereocenters. The lowest BCUT2D eigenvalue weighted by molar-refractivity contribution is -0.120. The minimum absolute atomic E-state index is 0.141. The smallest absolute Gasteiger partial charge is 0.224 e. The standard InChI is InChI=1S/C24H25N5O2.H3NS/c1-31-21-11-7-17(8-12-21)3-2-4-19(14-25)13-23(30)27-15-18-5-9-20(10-6-18)22-16-28-24(26)29-22;1-2/h2-12,14,16,25H,13,15H2,1H3,(H,27,30)(H3,26,28,29);2H,1H2/b3-2+,19-4-,25-14?;. The normalized spacial score (nSPS) is 10.9. The summed E-state index contributed by atoms with van der Waals surface area (Å²) >= 11 is 3.03. The molecule has 8 nitrogen and oxygen atoms in total. The fourth-order valence-corrected chi connectivity index (χ4v) is 2.89. The van der Waals surface area contributed by atoms with Crippen molar-refractivity contribution in [1.82, 2.24) is 15.3 Å². The number of ether oxygens (including phenoxy) is 1. The van der Waals surface area contributed by atoms with E-state index in [1.807, 2.05) is 60.7 Å². The third-order valence-corrected chi connectivity index (χ3v) is 4.61. The van der Waals surface area contributed by atoms with Gasteiger partial charge in [0.15, 0.2) is 5.95 Å². The van der Waals surface area contributed by atoms with Crippen LogP contribution in [0.4, 0.5) is 5.95 Å². The van der Waals surface area contributed by atoms with Crippen LogP contribution in [0.5, 0.6) is 5.75 Å². The van der Waals surface area contributed by atoms with Crippen molar-refractivity contribution >= 4 is 37.0 Å². The Morgan fingerprint density at radius 2 is 1.88 bits per heavy atom. The summed E-state index contributed by atoms with van der Waals surface area (Å²) in [7, 11) is 1.63. The molecule has 0 saturated heterocycles. The molecule has 1 amide bonds. The predicted molar refractivity (Wildman–Crippen MR) is 137 cm³/mol. The quantitative estimate of drug-likeness (QED) is 0.162. The number of thiol groups is 1. The molecule has 0 radical (unpaired) electrons. The number of benzene rings is 2. The second-order valence-corrected chi connectivity index (χ2v) is 6.85. The fourth-order valence-electron chi connectivity index (χ4n) is 2.89. The number of aromatic amines is 1. The largest absolute Gasteiger partial charge is 0.497 e. The lowest BCUT2D eigenvalue weighted by Gasteiger charge is -2.06. The van der Waals surface area contributed by atoms with Gasteiger partial charge in [0.25, 0.3) is 0 Å². The molecule has 0 spiro atoms. The van der Waals surface area contributed by atoms with Crippen molar-refractivity contribution < 1.29 is 9.53 Å². The van der Waals surface area contributed by atoms with Crippen LogP contribution < -0.4 is 20.9 Å². The van der Waals surface area contributed by atoms with Gasteiger partial charge in [-0.15, -0.1) is 12.8 Å². The number of H-pyrrole nitrogens is 1. The average Bonchev–Trinajstić information content (AvgIpc) is 3.30. The van der Waals surface area contributed by atoms with Crippen LogP contribution in [0, 0.1) is 5.41 Å². The monoisotopic (exact) mass is 464 g/mol. The van der Waals surface area contributed by atoms with Crippen LogP contribution in [0.25, 0.3) is 17.3 Å². The van der Waals surface area contributed by atoms with Crippen LogP contribution in [-0.4, -0.2) is 29.2 Å². The van der Waals surface area contributed by atoms with Crippen molar-refractivity contribution in [3.8, 4) is 17.0 Å². The molecule has 0 fully saturated rings. The number of hydrogen-bond donors (Lipinski definition) is 6. The highest BCUT2D eigenvalue weighted by Crippen LogP contribution is 2.18. The van der Waals surface area contributed by atoms with Crippen LogP contribution in [0.1, 0.15) is 17.5 Å². The number of carbonyl (C=O) groups excluding carboxylic acids is 1. The number of aromatic nitrogens is 2. The number of hydrogen-bond acceptors (Lipinski definition) is 7. The Balaban J connectivity index is 0.00000187. The molecule has 0 aliphatic rings. The molecule has 0 atom stereocenters. The highest BCUT2D eigenvalue weighted by atomic mass is 32.1. The molecule has 33 heavy (non-hydrogen) atoms. The molecule has 0 saturated carbocycles. The molecule has 0 aliphatic carbocycles. The van der Waals surface area contributed by atoms with E-state index in [9.17, 15) is 4.79 Å². The molecule has 0 bridgehead atoms. The molecule has 3 rings (SSSR count). The van der Waals surface area contributed by atoms with E-state index in [0.717, 1.165) is 28.1 Å². The number of nitrogens with zero attached hydrogens (tertiary/aromatic N) is 1. The summed E-state index contributed by atoms with van der Waals surface area (Å²) in [5, 5.41) is 14.6. The molecule has 0 aliphatic heterocycles. The van der Waals surface area contributed by atoms with Crippen LogP contribution in [0.2, 0.25) is 0 Å². The second-order valence-electron chi connectivity index (χ2n) is 6.85. The van der Waals surface area contributed by atoms with Gasteiger partial charge in [-0.2, -0.15) is 0 Å². The molecular formula is C24H28N6O2S. The third-order valence-electron chi connectivity index (χ3n) is 4.61. The molecule has 172 valence electrons. The number of nitrogens with one attached hydrogen (secondary N) is 3. The maximum atomic E-state index is 12.3. The van der Waals surface area contributed by atoms with Crippen molar-refractivity contribution in [1.29, 1.82) is 5.41 Å². The van der Waals surface area contributed by atoms with E-state index in [4.69, 9.17) is 15.9 Å². The van der Waals surface area contributed by atoms with Gasteiger partial charge in [-0.3, -0.25) is 9.93 Å². The molecule has 3 aromatic rings. The summed E-state index contributed by atoms with van der Waals surface area (Å²) in [5.74, 6) is 1.03. The zero-order valence-corrected chi connectivity index (χ0v) is 19.2. The van der Waals surface area contributed by atoms with Gasteiger partial charge in [0.2, 0.25) is 5.91 Å². The van der Waals surface area contributed by atoms with Crippen LogP contribution in [-0.2, 0) is 11.3 Å². The molecule has 1 aromatic heterocycles. The number of methoxy groups -OCH3 is 1. The van der Waals surface area contributed by atoms with Gasteiger partial charge < -0.3 is 26.2 Å². The number of nitrogen functional groups attached to an aromatic ring is 1. The van der Waals surface area contributed by atoms with Crippen molar-refractivity contribution in [2.24, 2.45) is 5.14 Å². The number of carbonyl (C=O) groups is 1. The first-order chi connectivity index (χ1) is 16.1. The zero-order valence-electron chi connectivity index (χ0n) is 18.3. The number of allylic oxidation sites excluding steroid dienone is 2. The van der Waals surface area contributed by atoms with E-state index in [2.05, 4.69) is 33.2 Å². The molecular weight excluding hydrogens is 436 g/mol. The first-order valence-corrected chi connectivity index (χ1v) is 10.5. The topological polar surface area (TPSA) is 143 Å². The maximum Gasteiger partial charge on any atom is 0.224 e. The van der Waals surface area contributed by atoms with Crippen molar-refractivity contribution in [3.05, 3.63) is 83.6 Å². The minimum Gasteiger partial charge on any atom is -0.497 e. The number of imidazole rings is 1. The van der Waals surface area contributed by atoms with Gasteiger partial charge in [0.1, 0.15) is 5.75 Å². The van der Waals surface area contributed by atoms with Crippen LogP contribution >= 0.6 is 12.8 Å². The Labute approximate surface area is 198 Å². The number of nitrogens with two attached hydrogens (primary N) is 2. The van der Waals surface area contributed by atoms with E-state index < -0.39 is 0 Å². The maximum absolute atomic E-state index is 12.3. The van der Waals surface area contributed by atoms with E-state index in [1.54, 1.807) is 19.4 Å². The summed E-state index contributed by atoms with van der Waals surface area (Å²) in [6.07, 6.45) is 8.53. The number of amides is 1. The van der Waals surface area contributed by atoms with E-state index in [1.165, 1.54) is 6.21 Å². The summed E-state index contributed by atoms with van der Waals surface area (Å²) < 4.78 is 5.14. The van der Waals surface area contributed by atoms with Crippen molar-refractivity contribution in [3.63, 3.8) is 0 Å². The van der Waals surface area contributed by atoms with Crippen LogP contribution in [0.3, 0.4) is 0 Å². The van der Waals surface area contributed by atoms with Gasteiger partial charge in [0, 0.05) is 12.8 Å². The Kier molecular flexibility index (Phi) is 10.5. The summed E-state index contributed by atoms with van der Waals surface area (Å²) in [5.41, 5.74) is 10.0. The SMILES string of the molecule is COc1ccc(/C=C/C=C(\C=N)CC(=O)NCc2ccc(-c3cnc(N)[nH]3)cc2)cc1.NS. The molecule has 1 heterocycles. The lowest BCUT2D eigenvalue weighted by Crippen LogP contribution is -2.23. The Bertz CT molecular complexity index is 1090. The number of anilines is 1. The second kappa shape index (κ2) is 13.6. The van der Waals surface area contributed by atoms with Crippen molar-refractivity contribution in [2.45, 2.75) is 13.0 Å². The first-order valence-electron chi connectivity index (χ1n) is 10.0. The highest BCUT2D eigenvalue weighted by Gasteiger charge is 2.05. The number of rotatable bonds is 9. The first kappa shape index (κ1) is 25.4. The molecule has 9 heteroatoms. The van der Waals surface area contributed by atoms with Gasteiger partial charge >= 0.3 is 0 Å². The summed E-state index contributed by atoms with van der Waals surface area (Å²) in [4.78, 5) is 19.2. The van der Waals surface area contributed by atoms with Gasteiger partial charge in [0.05, 0.1) is 25.4 Å². The van der Waals surface area contributed by atoms with Gasteiger partial charge in [-0.1, -0.05) is 54.6 Å². The average molecular weight is 465 g/mol.